The van der Waals surface area contributed by atoms with E-state index in [2.05, 4.69) is 22.2 Å². The van der Waals surface area contributed by atoms with Gasteiger partial charge in [-0.3, -0.25) is 10.1 Å². The number of amides is 1. The van der Waals surface area contributed by atoms with Gasteiger partial charge in [-0.15, -0.1) is 0 Å². The Hall–Kier alpha value is -1.53. The molecule has 2 N–H and O–H groups in total. The molecule has 114 valence electrons. The Kier molecular flexibility index (Phi) is 3.45. The van der Waals surface area contributed by atoms with Crippen molar-refractivity contribution in [2.24, 2.45) is 0 Å². The number of carbonyl (C=O) groups is 1. The first-order chi connectivity index (χ1) is 9.97. The maximum atomic E-state index is 12.8. The van der Waals surface area contributed by atoms with E-state index in [4.69, 9.17) is 0 Å². The van der Waals surface area contributed by atoms with E-state index in [1.165, 1.54) is 0 Å². The number of hydrogen-bond acceptors (Lipinski definition) is 5. The molecule has 0 bridgehead atoms. The summed E-state index contributed by atoms with van der Waals surface area (Å²) in [5.41, 5.74) is -0.457. The fraction of sp³-hybridized carbons (Fsp3) is 0.667. The van der Waals surface area contributed by atoms with Crippen molar-refractivity contribution in [3.63, 3.8) is 0 Å². The summed E-state index contributed by atoms with van der Waals surface area (Å²) >= 11 is 0. The second-order valence-corrected chi connectivity index (χ2v) is 6.24. The van der Waals surface area contributed by atoms with Crippen LogP contribution in [0.15, 0.2) is 18.5 Å². The predicted octanol–water partition coefficient (Wildman–Crippen LogP) is 0.640. The van der Waals surface area contributed by atoms with Gasteiger partial charge < -0.3 is 10.0 Å². The van der Waals surface area contributed by atoms with Gasteiger partial charge in [-0.25, -0.2) is 9.97 Å². The first-order valence-corrected chi connectivity index (χ1v) is 7.53. The molecule has 0 aliphatic carbocycles. The van der Waals surface area contributed by atoms with Gasteiger partial charge in [0, 0.05) is 18.4 Å². The van der Waals surface area contributed by atoms with E-state index < -0.39 is 17.7 Å². The standard InChI is InChI=1S/C15H22N4O2/c1-9-5-6-15(18-9)11(3)19(14(15)21)12(10(2)20)13-16-7-4-8-17-13/h4,7-12,18,20H,5-6H2,1-3H3/t9?,10-,11?,12+,15?/m1/s1. The second-order valence-electron chi connectivity index (χ2n) is 6.24. The number of rotatable bonds is 3. The molecule has 3 heterocycles. The molecule has 2 fully saturated rings. The smallest absolute Gasteiger partial charge is 0.246 e. The number of aliphatic hydroxyl groups excluding tert-OH is 1. The predicted molar refractivity (Wildman–Crippen MR) is 77.3 cm³/mol. The summed E-state index contributed by atoms with van der Waals surface area (Å²) in [6.45, 7) is 5.81. The zero-order valence-corrected chi connectivity index (χ0v) is 12.7. The van der Waals surface area contributed by atoms with Gasteiger partial charge >= 0.3 is 0 Å². The van der Waals surface area contributed by atoms with Crippen molar-refractivity contribution in [3.05, 3.63) is 24.3 Å². The van der Waals surface area contributed by atoms with Crippen LogP contribution in [0.3, 0.4) is 0 Å². The molecule has 5 atom stereocenters. The maximum Gasteiger partial charge on any atom is 0.246 e. The van der Waals surface area contributed by atoms with Crippen LogP contribution >= 0.6 is 0 Å². The van der Waals surface area contributed by atoms with E-state index in [0.717, 1.165) is 12.8 Å². The van der Waals surface area contributed by atoms with Crippen LogP contribution in [0.4, 0.5) is 0 Å². The number of carbonyl (C=O) groups excluding carboxylic acids is 1. The topological polar surface area (TPSA) is 78.4 Å². The lowest BCUT2D eigenvalue weighted by Gasteiger charge is -2.56. The molecule has 1 amide bonds. The molecule has 21 heavy (non-hydrogen) atoms. The van der Waals surface area contributed by atoms with E-state index in [-0.39, 0.29) is 11.9 Å². The highest BCUT2D eigenvalue weighted by atomic mass is 16.3. The summed E-state index contributed by atoms with van der Waals surface area (Å²) in [6.07, 6.45) is 4.42. The van der Waals surface area contributed by atoms with Crippen LogP contribution in [0, 0.1) is 0 Å². The van der Waals surface area contributed by atoms with E-state index >= 15 is 0 Å². The summed E-state index contributed by atoms with van der Waals surface area (Å²) in [4.78, 5) is 22.9. The Bertz CT molecular complexity index is 536. The molecule has 2 aliphatic rings. The Morgan fingerprint density at radius 3 is 2.57 bits per heavy atom. The monoisotopic (exact) mass is 290 g/mol. The average Bonchev–Trinajstić information content (AvgIpc) is 2.89. The van der Waals surface area contributed by atoms with E-state index in [1.807, 2.05) is 6.92 Å². The number of nitrogens with zero attached hydrogens (tertiary/aromatic N) is 3. The number of aliphatic hydroxyl groups is 1. The number of β-lactam (4-membered cyclic amide) rings is 1. The van der Waals surface area contributed by atoms with Gasteiger partial charge in [0.1, 0.15) is 11.6 Å². The normalized spacial score (nSPS) is 34.9. The van der Waals surface area contributed by atoms with Gasteiger partial charge in [0.2, 0.25) is 5.91 Å². The minimum Gasteiger partial charge on any atom is -0.391 e. The highest BCUT2D eigenvalue weighted by Crippen LogP contribution is 2.44. The molecular weight excluding hydrogens is 268 g/mol. The first kappa shape index (κ1) is 14.4. The summed E-state index contributed by atoms with van der Waals surface area (Å²) in [6, 6.07) is 1.62. The zero-order chi connectivity index (χ0) is 15.2. The third kappa shape index (κ3) is 2.05. The second kappa shape index (κ2) is 5.03. The minimum atomic E-state index is -0.713. The number of likely N-dealkylation sites (tertiary alicyclic amines) is 1. The average molecular weight is 290 g/mol. The molecule has 1 spiro atoms. The fourth-order valence-electron chi connectivity index (χ4n) is 3.69. The molecule has 6 nitrogen and oxygen atoms in total. The Labute approximate surface area is 124 Å². The quantitative estimate of drug-likeness (QED) is 0.799. The third-order valence-corrected chi connectivity index (χ3v) is 4.83. The lowest BCUT2D eigenvalue weighted by molar-refractivity contribution is -0.171. The number of aromatic nitrogens is 2. The van der Waals surface area contributed by atoms with Crippen molar-refractivity contribution < 1.29 is 9.90 Å². The van der Waals surface area contributed by atoms with Crippen LogP contribution in [0.5, 0.6) is 0 Å². The molecule has 2 saturated heterocycles. The van der Waals surface area contributed by atoms with Crippen molar-refractivity contribution in [2.75, 3.05) is 0 Å². The first-order valence-electron chi connectivity index (χ1n) is 7.53. The maximum absolute atomic E-state index is 12.8. The summed E-state index contributed by atoms with van der Waals surface area (Å²) in [7, 11) is 0. The Morgan fingerprint density at radius 2 is 2.10 bits per heavy atom. The van der Waals surface area contributed by atoms with Crippen LogP contribution in [-0.2, 0) is 4.79 Å². The fourth-order valence-corrected chi connectivity index (χ4v) is 3.69. The zero-order valence-electron chi connectivity index (χ0n) is 12.7. The van der Waals surface area contributed by atoms with E-state index in [9.17, 15) is 9.90 Å². The molecule has 1 aromatic rings. The van der Waals surface area contributed by atoms with Gasteiger partial charge in [-0.2, -0.15) is 0 Å². The van der Waals surface area contributed by atoms with Crippen LogP contribution < -0.4 is 5.32 Å². The van der Waals surface area contributed by atoms with Crippen molar-refractivity contribution in [2.45, 2.75) is 63.4 Å². The van der Waals surface area contributed by atoms with Crippen LogP contribution in [0.25, 0.3) is 0 Å². The molecule has 1 aromatic heterocycles. The molecule has 2 aliphatic heterocycles. The summed E-state index contributed by atoms with van der Waals surface area (Å²) < 4.78 is 0. The van der Waals surface area contributed by atoms with Crippen molar-refractivity contribution in [1.82, 2.24) is 20.2 Å². The summed E-state index contributed by atoms with van der Waals surface area (Å²) in [5.74, 6) is 0.547. The third-order valence-electron chi connectivity index (χ3n) is 4.83. The molecule has 0 radical (unpaired) electrons. The molecule has 0 aromatic carbocycles. The van der Waals surface area contributed by atoms with Crippen molar-refractivity contribution in [3.8, 4) is 0 Å². The minimum absolute atomic E-state index is 0.0263. The number of hydrogen-bond donors (Lipinski definition) is 2. The highest BCUT2D eigenvalue weighted by Gasteiger charge is 2.63. The Balaban J connectivity index is 1.88. The highest BCUT2D eigenvalue weighted by molar-refractivity contribution is 5.95. The van der Waals surface area contributed by atoms with Crippen LogP contribution in [0.2, 0.25) is 0 Å². The SMILES string of the molecule is CC1CCC2(N1)C(=O)N([C@H](c1ncccn1)[C@@H](C)O)C2C. The lowest BCUT2D eigenvalue weighted by Crippen LogP contribution is -2.78. The van der Waals surface area contributed by atoms with Gasteiger partial charge in [0.25, 0.3) is 0 Å². The molecular formula is C15H22N4O2. The van der Waals surface area contributed by atoms with E-state index in [1.54, 1.807) is 30.3 Å². The van der Waals surface area contributed by atoms with Gasteiger partial charge in [0.05, 0.1) is 12.1 Å². The Morgan fingerprint density at radius 1 is 1.43 bits per heavy atom. The molecule has 0 saturated carbocycles. The van der Waals surface area contributed by atoms with Gasteiger partial charge in [0.15, 0.2) is 5.82 Å². The molecule has 3 rings (SSSR count). The molecule has 3 unspecified atom stereocenters. The summed E-state index contributed by atoms with van der Waals surface area (Å²) in [5, 5.41) is 13.6. The number of nitrogens with one attached hydrogen (secondary N) is 1. The molecule has 6 heteroatoms. The van der Waals surface area contributed by atoms with Crippen molar-refractivity contribution >= 4 is 5.91 Å². The van der Waals surface area contributed by atoms with Crippen LogP contribution in [-0.4, -0.2) is 49.6 Å². The van der Waals surface area contributed by atoms with Gasteiger partial charge in [-0.05, 0) is 39.7 Å². The van der Waals surface area contributed by atoms with E-state index in [0.29, 0.717) is 11.9 Å². The van der Waals surface area contributed by atoms with Gasteiger partial charge in [-0.1, -0.05) is 0 Å². The lowest BCUT2D eigenvalue weighted by atomic mass is 9.76. The van der Waals surface area contributed by atoms with Crippen molar-refractivity contribution in [1.29, 1.82) is 0 Å². The van der Waals surface area contributed by atoms with Crippen LogP contribution in [0.1, 0.15) is 45.5 Å². The largest absolute Gasteiger partial charge is 0.391 e.